The average Bonchev–Trinajstić information content (AvgIpc) is 2.51. The lowest BCUT2D eigenvalue weighted by atomic mass is 10.1. The average molecular weight is 336 g/mol. The van der Waals surface area contributed by atoms with Gasteiger partial charge in [0.05, 0.1) is 5.69 Å². The fraction of sp³-hybridized carbons (Fsp3) is 0.125. The number of nitrogens with zero attached hydrogens (tertiary/aromatic N) is 2. The van der Waals surface area contributed by atoms with Crippen LogP contribution in [0.5, 0.6) is 5.75 Å². The number of hydrogen-bond donors (Lipinski definition) is 1. The van der Waals surface area contributed by atoms with Crippen LogP contribution in [-0.2, 0) is 0 Å². The van der Waals surface area contributed by atoms with E-state index in [0.717, 1.165) is 16.5 Å². The molecule has 0 radical (unpaired) electrons. The van der Waals surface area contributed by atoms with Gasteiger partial charge in [0.15, 0.2) is 5.82 Å². The Morgan fingerprint density at radius 3 is 2.30 bits per heavy atom. The molecule has 3 rings (SSSR count). The van der Waals surface area contributed by atoms with Crippen LogP contribution < -0.4 is 10.1 Å². The Hall–Kier alpha value is -2.47. The first-order chi connectivity index (χ1) is 10.9. The number of rotatable bonds is 4. The van der Waals surface area contributed by atoms with Crippen molar-refractivity contribution >= 4 is 33.9 Å². The number of aromatic nitrogens is 2. The van der Waals surface area contributed by atoms with Crippen molar-refractivity contribution in [2.24, 2.45) is 0 Å². The summed E-state index contributed by atoms with van der Waals surface area (Å²) >= 11 is 4.73. The number of halogens is 3. The molecule has 0 aliphatic rings. The van der Waals surface area contributed by atoms with Crippen LogP contribution in [0.4, 0.5) is 20.3 Å². The second-order valence-electron chi connectivity index (χ2n) is 4.88. The number of fused-ring (bicyclic) bond motifs is 1. The lowest BCUT2D eigenvalue weighted by Crippen LogP contribution is -2.15. The Morgan fingerprint density at radius 1 is 1.00 bits per heavy atom. The highest BCUT2D eigenvalue weighted by molar-refractivity contribution is 6.20. The zero-order valence-electron chi connectivity index (χ0n) is 12.1. The van der Waals surface area contributed by atoms with Crippen LogP contribution in [0.1, 0.15) is 5.69 Å². The Labute approximate surface area is 136 Å². The second-order valence-corrected chi connectivity index (χ2v) is 5.32. The number of ether oxygens (including phenoxy) is 1. The van der Waals surface area contributed by atoms with E-state index in [1.165, 1.54) is 12.1 Å². The Kier molecular flexibility index (Phi) is 4.00. The molecule has 118 valence electrons. The highest BCUT2D eigenvalue weighted by atomic mass is 35.5. The van der Waals surface area contributed by atoms with Crippen LogP contribution >= 0.6 is 11.6 Å². The summed E-state index contributed by atoms with van der Waals surface area (Å²) in [5.41, 5.74) is -2.23. The normalized spacial score (nSPS) is 11.5. The van der Waals surface area contributed by atoms with Crippen LogP contribution in [0.15, 0.2) is 48.5 Å². The molecule has 0 aliphatic heterocycles. The van der Waals surface area contributed by atoms with E-state index in [1.54, 1.807) is 12.1 Å². The quantitative estimate of drug-likeness (QED) is 0.692. The van der Waals surface area contributed by atoms with Crippen molar-refractivity contribution in [2.75, 3.05) is 5.32 Å². The first-order valence-corrected chi connectivity index (χ1v) is 7.15. The van der Waals surface area contributed by atoms with Gasteiger partial charge in [0.1, 0.15) is 5.75 Å². The largest absolute Gasteiger partial charge is 0.487 e. The Balaban J connectivity index is 1.87. The topological polar surface area (TPSA) is 47.0 Å². The van der Waals surface area contributed by atoms with E-state index in [1.807, 2.05) is 31.2 Å². The molecular formula is C16H12ClF2N3O. The molecule has 0 amide bonds. The minimum absolute atomic E-state index is 0.0320. The summed E-state index contributed by atoms with van der Waals surface area (Å²) in [5.74, 6) is 0.554. The van der Waals surface area contributed by atoms with Crippen LogP contribution in [-0.4, -0.2) is 15.8 Å². The molecule has 2 aromatic carbocycles. The van der Waals surface area contributed by atoms with Gasteiger partial charge >= 0.3 is 5.57 Å². The predicted molar refractivity (Wildman–Crippen MR) is 85.4 cm³/mol. The summed E-state index contributed by atoms with van der Waals surface area (Å²) in [5, 5.41) is 13.3. The van der Waals surface area contributed by atoms with Crippen LogP contribution in [0.2, 0.25) is 0 Å². The summed E-state index contributed by atoms with van der Waals surface area (Å²) in [6.07, 6.45) is 0. The molecule has 0 spiro atoms. The van der Waals surface area contributed by atoms with Gasteiger partial charge in [-0.15, -0.1) is 13.9 Å². The Bertz CT molecular complexity index is 835. The summed E-state index contributed by atoms with van der Waals surface area (Å²) < 4.78 is 29.4. The molecule has 0 atom stereocenters. The van der Waals surface area contributed by atoms with E-state index < -0.39 is 5.57 Å². The van der Waals surface area contributed by atoms with Crippen molar-refractivity contribution in [3.63, 3.8) is 0 Å². The highest BCUT2D eigenvalue weighted by Gasteiger charge is 2.27. The van der Waals surface area contributed by atoms with E-state index >= 15 is 0 Å². The maximum Gasteiger partial charge on any atom is 0.487 e. The van der Waals surface area contributed by atoms with Crippen LogP contribution in [0, 0.1) is 6.92 Å². The lowest BCUT2D eigenvalue weighted by Gasteiger charge is -2.12. The van der Waals surface area contributed by atoms with E-state index in [4.69, 9.17) is 11.6 Å². The number of alkyl halides is 3. The van der Waals surface area contributed by atoms with Crippen LogP contribution in [0.25, 0.3) is 10.8 Å². The molecule has 0 unspecified atom stereocenters. The molecule has 1 N–H and O–H groups in total. The third kappa shape index (κ3) is 3.65. The molecule has 7 heteroatoms. The number of benzene rings is 2. The zero-order valence-corrected chi connectivity index (χ0v) is 12.8. The van der Waals surface area contributed by atoms with Crippen molar-refractivity contribution in [1.82, 2.24) is 10.2 Å². The van der Waals surface area contributed by atoms with Gasteiger partial charge in [0.25, 0.3) is 0 Å². The minimum Gasteiger partial charge on any atom is -0.420 e. The smallest absolute Gasteiger partial charge is 0.420 e. The molecule has 1 aromatic heterocycles. The van der Waals surface area contributed by atoms with Gasteiger partial charge in [-0.1, -0.05) is 24.3 Å². The van der Waals surface area contributed by atoms with Gasteiger partial charge < -0.3 is 10.1 Å². The summed E-state index contributed by atoms with van der Waals surface area (Å²) in [7, 11) is 0. The highest BCUT2D eigenvalue weighted by Crippen LogP contribution is 2.28. The predicted octanol–water partition coefficient (Wildman–Crippen LogP) is 4.85. The van der Waals surface area contributed by atoms with Crippen molar-refractivity contribution in [1.29, 1.82) is 0 Å². The number of nitrogens with one attached hydrogen (secondary N) is 1. The molecule has 0 bridgehead atoms. The fourth-order valence-corrected chi connectivity index (χ4v) is 2.30. The zero-order chi connectivity index (χ0) is 16.4. The van der Waals surface area contributed by atoms with Crippen LogP contribution in [0.3, 0.4) is 0 Å². The first-order valence-electron chi connectivity index (χ1n) is 6.77. The number of anilines is 2. The third-order valence-corrected chi connectivity index (χ3v) is 3.30. The van der Waals surface area contributed by atoms with E-state index in [-0.39, 0.29) is 5.75 Å². The maximum atomic E-state index is 12.6. The fourth-order valence-electron chi connectivity index (χ4n) is 2.21. The van der Waals surface area contributed by atoms with Crippen molar-refractivity contribution in [3.05, 3.63) is 54.2 Å². The molecule has 0 saturated heterocycles. The second kappa shape index (κ2) is 5.96. The standard InChI is InChI=1S/C16H12ClF2N3O/c1-10-13-4-2-3-5-14(13)15(22-21-10)20-11-6-8-12(9-7-11)23-16(17,18)19/h2-9H,1H3,(H,20,22). The summed E-state index contributed by atoms with van der Waals surface area (Å²) in [4.78, 5) is 0. The molecule has 23 heavy (non-hydrogen) atoms. The first kappa shape index (κ1) is 15.4. The molecule has 0 fully saturated rings. The van der Waals surface area contributed by atoms with E-state index in [0.29, 0.717) is 11.5 Å². The molecule has 3 aromatic rings. The van der Waals surface area contributed by atoms with Crippen molar-refractivity contribution in [3.8, 4) is 5.75 Å². The molecular weight excluding hydrogens is 324 g/mol. The Morgan fingerprint density at radius 2 is 1.65 bits per heavy atom. The van der Waals surface area contributed by atoms with E-state index in [2.05, 4.69) is 20.3 Å². The lowest BCUT2D eigenvalue weighted by molar-refractivity contribution is -0.0964. The van der Waals surface area contributed by atoms with Gasteiger partial charge in [-0.3, -0.25) is 0 Å². The molecule has 1 heterocycles. The number of hydrogen-bond acceptors (Lipinski definition) is 4. The minimum atomic E-state index is -3.73. The third-order valence-electron chi connectivity index (χ3n) is 3.22. The monoisotopic (exact) mass is 335 g/mol. The van der Waals surface area contributed by atoms with Gasteiger partial charge in [-0.25, -0.2) is 0 Å². The van der Waals surface area contributed by atoms with Gasteiger partial charge in [-0.2, -0.15) is 5.10 Å². The van der Waals surface area contributed by atoms with Gasteiger partial charge in [0, 0.05) is 28.1 Å². The van der Waals surface area contributed by atoms with Gasteiger partial charge in [-0.05, 0) is 31.2 Å². The maximum absolute atomic E-state index is 12.6. The molecule has 4 nitrogen and oxygen atoms in total. The van der Waals surface area contributed by atoms with Crippen molar-refractivity contribution in [2.45, 2.75) is 12.5 Å². The van der Waals surface area contributed by atoms with E-state index in [9.17, 15) is 8.78 Å². The van der Waals surface area contributed by atoms with Gasteiger partial charge in [0.2, 0.25) is 0 Å². The molecule has 0 aliphatic carbocycles. The summed E-state index contributed by atoms with van der Waals surface area (Å²) in [6, 6.07) is 13.7. The SMILES string of the molecule is Cc1nnc(Nc2ccc(OC(F)(F)Cl)cc2)c2ccccc12. The number of aryl methyl sites for hydroxylation is 1. The van der Waals surface area contributed by atoms with Crippen molar-refractivity contribution < 1.29 is 13.5 Å². The summed E-state index contributed by atoms with van der Waals surface area (Å²) in [6.45, 7) is 1.89. The molecule has 0 saturated carbocycles.